The summed E-state index contributed by atoms with van der Waals surface area (Å²) in [5.41, 5.74) is 8.68. The van der Waals surface area contributed by atoms with Gasteiger partial charge in [-0.15, -0.1) is 11.8 Å². The molecule has 2 unspecified atom stereocenters. The summed E-state index contributed by atoms with van der Waals surface area (Å²) in [4.78, 5) is 0. The first-order valence-electron chi connectivity index (χ1n) is 6.44. The molecular weight excluding hydrogens is 354 g/mol. The second kappa shape index (κ2) is 7.51. The van der Waals surface area contributed by atoms with Crippen LogP contribution in [-0.4, -0.2) is 6.04 Å². The Kier molecular flexibility index (Phi) is 5.97. The molecule has 0 aliphatic heterocycles. The summed E-state index contributed by atoms with van der Waals surface area (Å²) in [5.74, 6) is 0.921. The van der Waals surface area contributed by atoms with Crippen LogP contribution in [0.15, 0.2) is 53.0 Å². The van der Waals surface area contributed by atoms with Gasteiger partial charge in [0.2, 0.25) is 0 Å². The molecule has 2 aromatic carbocycles. The van der Waals surface area contributed by atoms with Gasteiger partial charge in [0.1, 0.15) is 0 Å². The summed E-state index contributed by atoms with van der Waals surface area (Å²) in [6, 6.07) is 16.3. The summed E-state index contributed by atoms with van der Waals surface area (Å²) in [6.07, 6.45) is 0. The summed E-state index contributed by atoms with van der Waals surface area (Å²) in [5, 5.41) is 1.04. The number of benzene rings is 2. The summed E-state index contributed by atoms with van der Waals surface area (Å²) >= 11 is 11.4. The van der Waals surface area contributed by atoms with Crippen LogP contribution in [0.5, 0.6) is 0 Å². The van der Waals surface area contributed by atoms with E-state index in [0.717, 1.165) is 15.2 Å². The van der Waals surface area contributed by atoms with Crippen molar-refractivity contribution in [1.82, 2.24) is 0 Å². The van der Waals surface area contributed by atoms with E-state index < -0.39 is 0 Å². The van der Waals surface area contributed by atoms with Gasteiger partial charge in [0, 0.05) is 26.5 Å². The average Bonchev–Trinajstić information content (AvgIpc) is 2.42. The Hall–Kier alpha value is -0.480. The van der Waals surface area contributed by atoms with Gasteiger partial charge < -0.3 is 5.73 Å². The van der Waals surface area contributed by atoms with E-state index in [1.165, 1.54) is 11.1 Å². The summed E-state index contributed by atoms with van der Waals surface area (Å²) < 4.78 is 1.12. The van der Waals surface area contributed by atoms with E-state index in [4.69, 9.17) is 17.3 Å². The van der Waals surface area contributed by atoms with Crippen molar-refractivity contribution in [2.45, 2.75) is 24.0 Å². The minimum Gasteiger partial charge on any atom is -0.327 e. The first-order chi connectivity index (χ1) is 9.58. The van der Waals surface area contributed by atoms with Crippen LogP contribution in [0.1, 0.15) is 23.3 Å². The fraction of sp³-hybridized carbons (Fsp3) is 0.250. The molecule has 0 amide bonds. The second-order valence-electron chi connectivity index (χ2n) is 4.74. The smallest absolute Gasteiger partial charge is 0.0460 e. The minimum absolute atomic E-state index is 0.0889. The zero-order chi connectivity index (χ0) is 14.5. The molecule has 0 fully saturated rings. The SMILES string of the molecule is CC(N)C(SCc1ccc(Cl)cc1)c1ccccc1Br. The molecule has 0 bridgehead atoms. The van der Waals surface area contributed by atoms with Crippen LogP contribution in [0.3, 0.4) is 0 Å². The van der Waals surface area contributed by atoms with Crippen LogP contribution in [0.2, 0.25) is 5.02 Å². The van der Waals surface area contributed by atoms with Gasteiger partial charge in [-0.1, -0.05) is 57.9 Å². The highest BCUT2D eigenvalue weighted by Crippen LogP contribution is 2.37. The average molecular weight is 371 g/mol. The normalized spacial score (nSPS) is 14.0. The lowest BCUT2D eigenvalue weighted by molar-refractivity contribution is 0.719. The van der Waals surface area contributed by atoms with Crippen molar-refractivity contribution in [3.05, 3.63) is 69.2 Å². The Bertz CT molecular complexity index is 557. The summed E-state index contributed by atoms with van der Waals surface area (Å²) in [6.45, 7) is 2.05. The van der Waals surface area contributed by atoms with Crippen LogP contribution < -0.4 is 5.73 Å². The lowest BCUT2D eigenvalue weighted by Crippen LogP contribution is -2.23. The highest BCUT2D eigenvalue weighted by atomic mass is 79.9. The Balaban J connectivity index is 2.11. The first-order valence-corrected chi connectivity index (χ1v) is 8.66. The molecule has 2 N–H and O–H groups in total. The van der Waals surface area contributed by atoms with Crippen molar-refractivity contribution in [2.75, 3.05) is 0 Å². The monoisotopic (exact) mass is 369 g/mol. The van der Waals surface area contributed by atoms with Crippen molar-refractivity contribution in [3.8, 4) is 0 Å². The predicted octanol–water partition coefficient (Wildman–Crippen LogP) is 5.42. The number of rotatable bonds is 5. The van der Waals surface area contributed by atoms with Crippen molar-refractivity contribution < 1.29 is 0 Å². The van der Waals surface area contributed by atoms with Gasteiger partial charge in [-0.25, -0.2) is 0 Å². The van der Waals surface area contributed by atoms with Gasteiger partial charge in [0.15, 0.2) is 0 Å². The van der Waals surface area contributed by atoms with Crippen molar-refractivity contribution in [3.63, 3.8) is 0 Å². The molecule has 0 aliphatic carbocycles. The van der Waals surface area contributed by atoms with Crippen LogP contribution in [0, 0.1) is 0 Å². The molecule has 0 heterocycles. The van der Waals surface area contributed by atoms with Crippen LogP contribution in [-0.2, 0) is 5.75 Å². The number of nitrogens with two attached hydrogens (primary N) is 1. The van der Waals surface area contributed by atoms with Gasteiger partial charge in [0.25, 0.3) is 0 Å². The van der Waals surface area contributed by atoms with Crippen molar-refractivity contribution >= 4 is 39.3 Å². The number of halogens is 2. The zero-order valence-electron chi connectivity index (χ0n) is 11.2. The maximum atomic E-state index is 6.16. The standard InChI is InChI=1S/C16H17BrClNS/c1-11(19)16(14-4-2-3-5-15(14)17)20-10-12-6-8-13(18)9-7-12/h2-9,11,16H,10,19H2,1H3. The van der Waals surface area contributed by atoms with Gasteiger partial charge >= 0.3 is 0 Å². The maximum Gasteiger partial charge on any atom is 0.0460 e. The zero-order valence-corrected chi connectivity index (χ0v) is 14.4. The lowest BCUT2D eigenvalue weighted by atomic mass is 10.1. The van der Waals surface area contributed by atoms with E-state index >= 15 is 0 Å². The molecule has 0 saturated carbocycles. The van der Waals surface area contributed by atoms with E-state index in [1.54, 1.807) is 0 Å². The van der Waals surface area contributed by atoms with Crippen molar-refractivity contribution in [2.24, 2.45) is 5.73 Å². The molecule has 106 valence electrons. The Morgan fingerprint density at radius 2 is 1.80 bits per heavy atom. The molecule has 4 heteroatoms. The molecule has 0 radical (unpaired) electrons. The molecule has 0 aromatic heterocycles. The minimum atomic E-state index is 0.0889. The number of thioether (sulfide) groups is 1. The number of hydrogen-bond acceptors (Lipinski definition) is 2. The molecule has 0 spiro atoms. The quantitative estimate of drug-likeness (QED) is 0.760. The molecular formula is C16H17BrClNS. The second-order valence-corrected chi connectivity index (χ2v) is 7.16. The maximum absolute atomic E-state index is 6.16. The lowest BCUT2D eigenvalue weighted by Gasteiger charge is -2.22. The molecule has 2 atom stereocenters. The highest BCUT2D eigenvalue weighted by Gasteiger charge is 2.19. The topological polar surface area (TPSA) is 26.0 Å². The van der Waals surface area contributed by atoms with Gasteiger partial charge in [0.05, 0.1) is 0 Å². The van der Waals surface area contributed by atoms with Crippen LogP contribution in [0.4, 0.5) is 0 Å². The Labute approximate surface area is 138 Å². The van der Waals surface area contributed by atoms with Crippen LogP contribution >= 0.6 is 39.3 Å². The van der Waals surface area contributed by atoms with E-state index in [2.05, 4.69) is 53.2 Å². The Morgan fingerprint density at radius 1 is 1.15 bits per heavy atom. The van der Waals surface area contributed by atoms with E-state index in [0.29, 0.717) is 0 Å². The van der Waals surface area contributed by atoms with Gasteiger partial charge in [-0.3, -0.25) is 0 Å². The van der Waals surface area contributed by atoms with E-state index in [1.807, 2.05) is 30.0 Å². The molecule has 20 heavy (non-hydrogen) atoms. The third kappa shape index (κ3) is 4.26. The fourth-order valence-electron chi connectivity index (χ4n) is 2.00. The largest absolute Gasteiger partial charge is 0.327 e. The van der Waals surface area contributed by atoms with Gasteiger partial charge in [-0.05, 0) is 36.2 Å². The van der Waals surface area contributed by atoms with Gasteiger partial charge in [-0.2, -0.15) is 0 Å². The highest BCUT2D eigenvalue weighted by molar-refractivity contribution is 9.10. The molecule has 0 aliphatic rings. The molecule has 2 aromatic rings. The first kappa shape index (κ1) is 15.9. The third-order valence-corrected chi connectivity index (χ3v) is 5.55. The predicted molar refractivity (Wildman–Crippen MR) is 93.3 cm³/mol. The molecule has 1 nitrogen and oxygen atoms in total. The third-order valence-electron chi connectivity index (χ3n) is 3.03. The van der Waals surface area contributed by atoms with Crippen LogP contribution in [0.25, 0.3) is 0 Å². The fourth-order valence-corrected chi connectivity index (χ4v) is 4.06. The van der Waals surface area contributed by atoms with E-state index in [9.17, 15) is 0 Å². The molecule has 2 rings (SSSR count). The van der Waals surface area contributed by atoms with E-state index in [-0.39, 0.29) is 11.3 Å². The molecule has 0 saturated heterocycles. The van der Waals surface area contributed by atoms with Crippen molar-refractivity contribution in [1.29, 1.82) is 0 Å². The Morgan fingerprint density at radius 3 is 2.40 bits per heavy atom. The number of hydrogen-bond donors (Lipinski definition) is 1. The summed E-state index contributed by atoms with van der Waals surface area (Å²) in [7, 11) is 0.